The number of aromatic nitrogens is 3. The summed E-state index contributed by atoms with van der Waals surface area (Å²) in [5, 5.41) is 23.5. The Morgan fingerprint density at radius 1 is 1.02 bits per heavy atom. The van der Waals surface area contributed by atoms with Crippen LogP contribution in [0.1, 0.15) is 79.4 Å². The Morgan fingerprint density at radius 3 is 2.42 bits per heavy atom. The number of allylic oxidation sites excluding steroid dienone is 1. The highest BCUT2D eigenvalue weighted by atomic mass is 16.5. The van der Waals surface area contributed by atoms with Crippen LogP contribution in [0.2, 0.25) is 0 Å². The van der Waals surface area contributed by atoms with Crippen LogP contribution in [0, 0.1) is 5.92 Å². The normalized spacial score (nSPS) is 20.6. The van der Waals surface area contributed by atoms with Gasteiger partial charge in [-0.2, -0.15) is 5.10 Å². The Morgan fingerprint density at radius 2 is 1.73 bits per heavy atom. The van der Waals surface area contributed by atoms with Gasteiger partial charge in [-0.15, -0.1) is 0 Å². The van der Waals surface area contributed by atoms with Crippen molar-refractivity contribution >= 4 is 44.8 Å². The summed E-state index contributed by atoms with van der Waals surface area (Å²) in [6.07, 6.45) is 8.67. The lowest BCUT2D eigenvalue weighted by molar-refractivity contribution is -0.912. The van der Waals surface area contributed by atoms with Crippen LogP contribution >= 0.6 is 0 Å². The molecule has 3 amide bonds. The number of anilines is 2. The number of amides is 3. The predicted molar refractivity (Wildman–Crippen MR) is 206 cm³/mol. The van der Waals surface area contributed by atoms with Crippen molar-refractivity contribution < 1.29 is 24.3 Å². The number of hydrogen-bond acceptors (Lipinski definition) is 10. The van der Waals surface area contributed by atoms with Gasteiger partial charge < -0.3 is 42.1 Å². The van der Waals surface area contributed by atoms with Crippen molar-refractivity contribution in [2.75, 3.05) is 43.4 Å². The van der Waals surface area contributed by atoms with Gasteiger partial charge in [-0.1, -0.05) is 12.1 Å². The Kier molecular flexibility index (Phi) is 9.30. The van der Waals surface area contributed by atoms with Crippen LogP contribution in [0.3, 0.4) is 0 Å². The van der Waals surface area contributed by atoms with Crippen LogP contribution in [-0.4, -0.2) is 97.5 Å². The SMILES string of the molecule is [B]C([B])(c1cccc(C(=O)N2CCCC2)[n+]1O)N1CC(n2ncc3c2[C@@H](C)N(C)c2c(NC(/C=C(\N)NC(=O)C4CC4)=C(/N)C(=O)NC4CC4)cccc2-3)C1. The number of carbonyl (C=O) groups is 3. The molecule has 0 unspecified atom stereocenters. The Labute approximate surface area is 322 Å². The molecule has 2 saturated carbocycles. The summed E-state index contributed by atoms with van der Waals surface area (Å²) in [5.41, 5.74) is 17.7. The van der Waals surface area contributed by atoms with Gasteiger partial charge in [-0.05, 0) is 57.6 Å². The maximum absolute atomic E-state index is 13.1. The van der Waals surface area contributed by atoms with E-state index in [1.54, 1.807) is 23.1 Å². The average Bonchev–Trinajstić information content (AvgIpc) is 4.05. The number of para-hydroxylation sites is 1. The van der Waals surface area contributed by atoms with Crippen molar-refractivity contribution in [3.8, 4) is 11.1 Å². The number of rotatable bonds is 11. The molecule has 1 atom stereocenters. The summed E-state index contributed by atoms with van der Waals surface area (Å²) < 4.78 is 2.84. The third kappa shape index (κ3) is 6.78. The summed E-state index contributed by atoms with van der Waals surface area (Å²) in [6, 6.07) is 10.6. The Balaban J connectivity index is 1.04. The summed E-state index contributed by atoms with van der Waals surface area (Å²) in [7, 11) is 15.4. The monoisotopic (exact) mass is 742 g/mol. The third-order valence-corrected chi connectivity index (χ3v) is 11.4. The van der Waals surface area contributed by atoms with Crippen LogP contribution in [0.15, 0.2) is 65.9 Å². The number of carbonyl (C=O) groups excluding carboxylic acids is 3. The fourth-order valence-electron chi connectivity index (χ4n) is 7.75. The molecule has 17 heteroatoms. The molecule has 2 aliphatic carbocycles. The number of nitrogens with zero attached hydrogens (tertiary/aromatic N) is 6. The number of benzene rings is 1. The first kappa shape index (κ1) is 36.5. The topological polar surface area (TPSA) is 191 Å². The summed E-state index contributed by atoms with van der Waals surface area (Å²) >= 11 is 0. The van der Waals surface area contributed by atoms with Crippen molar-refractivity contribution in [1.29, 1.82) is 0 Å². The predicted octanol–water partition coefficient (Wildman–Crippen LogP) is 1.01. The fraction of sp³-hybridized carbons (Fsp3) is 0.447. The first-order valence-electron chi connectivity index (χ1n) is 19.0. The Bertz CT molecular complexity index is 2110. The van der Waals surface area contributed by atoms with Gasteiger partial charge in [0.2, 0.25) is 11.6 Å². The van der Waals surface area contributed by atoms with Gasteiger partial charge in [-0.3, -0.25) is 24.3 Å². The van der Waals surface area contributed by atoms with Gasteiger partial charge in [0.15, 0.2) is 0 Å². The summed E-state index contributed by atoms with van der Waals surface area (Å²) in [4.78, 5) is 44.5. The van der Waals surface area contributed by atoms with Gasteiger partial charge in [-0.25, -0.2) is 0 Å². The number of pyridine rings is 1. The minimum absolute atomic E-state index is 0.0461. The molecule has 0 spiro atoms. The van der Waals surface area contributed by atoms with E-state index in [-0.39, 0.29) is 64.5 Å². The van der Waals surface area contributed by atoms with E-state index in [0.29, 0.717) is 31.9 Å². The van der Waals surface area contributed by atoms with E-state index >= 15 is 0 Å². The van der Waals surface area contributed by atoms with E-state index in [0.717, 1.165) is 65.8 Å². The van der Waals surface area contributed by atoms with Crippen LogP contribution < -0.4 is 37.0 Å². The lowest BCUT2D eigenvalue weighted by atomic mass is 9.57. The molecule has 3 aliphatic heterocycles. The summed E-state index contributed by atoms with van der Waals surface area (Å²) in [5.74, 6) is -0.790. The third-order valence-electron chi connectivity index (χ3n) is 11.4. The largest absolute Gasteiger partial charge is 0.393 e. The quantitative estimate of drug-likeness (QED) is 0.0544. The fourth-order valence-corrected chi connectivity index (χ4v) is 7.75. The van der Waals surface area contributed by atoms with E-state index in [1.165, 1.54) is 6.08 Å². The lowest BCUT2D eigenvalue weighted by Crippen LogP contribution is -2.63. The molecule has 4 fully saturated rings. The zero-order valence-electron chi connectivity index (χ0n) is 31.2. The van der Waals surface area contributed by atoms with E-state index in [9.17, 15) is 19.6 Å². The van der Waals surface area contributed by atoms with Crippen molar-refractivity contribution in [2.24, 2.45) is 17.4 Å². The molecule has 4 radical (unpaired) electrons. The number of likely N-dealkylation sites (tertiary alicyclic amines) is 2. The molecule has 2 aromatic heterocycles. The van der Waals surface area contributed by atoms with Crippen molar-refractivity contribution in [1.82, 2.24) is 30.2 Å². The molecule has 5 aliphatic rings. The molecule has 15 nitrogen and oxygen atoms in total. The molecule has 5 heterocycles. The Hall–Kier alpha value is -5.44. The van der Waals surface area contributed by atoms with Crippen molar-refractivity contribution in [3.63, 3.8) is 0 Å². The smallest absolute Gasteiger partial charge is 0.323 e. The number of nitrogens with two attached hydrogens (primary N) is 2. The van der Waals surface area contributed by atoms with Gasteiger partial charge in [0, 0.05) is 84.6 Å². The second-order valence-corrected chi connectivity index (χ2v) is 15.4. The minimum atomic E-state index is -1.56. The molecule has 0 bridgehead atoms. The van der Waals surface area contributed by atoms with Gasteiger partial charge >= 0.3 is 11.6 Å². The van der Waals surface area contributed by atoms with Gasteiger partial charge in [0.25, 0.3) is 5.91 Å². The van der Waals surface area contributed by atoms with Crippen molar-refractivity contribution in [3.05, 3.63) is 83.0 Å². The number of hydrogen-bond donors (Lipinski definition) is 6. The standard InChI is InChI=1S/C38H45B2N11O4/c1-21-33-26(18-43-50(33)24-19-49(20-24)38(39,40)30-10-6-9-29(51(30)55)37(54)48-15-3-4-16-48)25-7-5-8-27(34(25)47(21)2)45-28(32(42)36(53)44-23-13-14-23)17-31(41)46-35(52)22-11-12-22/h5-10,17-18,21-24,42,55H,3-4,11-16,19-20H2,1-2H3,(H5,41,44,45,46,52,53,54)/p+1/t21-/m1/s1. The molecule has 282 valence electrons. The zero-order valence-corrected chi connectivity index (χ0v) is 31.2. The maximum atomic E-state index is 13.1. The van der Waals surface area contributed by atoms with Crippen LogP contribution in [-0.2, 0) is 14.9 Å². The second-order valence-electron chi connectivity index (χ2n) is 15.4. The van der Waals surface area contributed by atoms with Crippen molar-refractivity contribution in [2.45, 2.75) is 68.9 Å². The average molecular weight is 742 g/mol. The van der Waals surface area contributed by atoms with Gasteiger partial charge in [0.1, 0.15) is 11.5 Å². The molecule has 3 aromatic rings. The van der Waals surface area contributed by atoms with Gasteiger partial charge in [0.05, 0.1) is 56.7 Å². The molecular weight excluding hydrogens is 696 g/mol. The van der Waals surface area contributed by atoms with E-state index in [2.05, 4.69) is 27.8 Å². The van der Waals surface area contributed by atoms with Crippen LogP contribution in [0.4, 0.5) is 11.4 Å². The van der Waals surface area contributed by atoms with E-state index in [4.69, 9.17) is 32.3 Å². The molecule has 55 heavy (non-hydrogen) atoms. The molecule has 8 N–H and O–H groups in total. The minimum Gasteiger partial charge on any atom is -0.393 e. The summed E-state index contributed by atoms with van der Waals surface area (Å²) in [6.45, 7) is 4.31. The zero-order chi connectivity index (χ0) is 38.8. The van der Waals surface area contributed by atoms with E-state index < -0.39 is 11.2 Å². The molecular formula is C38H46B2N11O4+. The van der Waals surface area contributed by atoms with Crippen LogP contribution in [0.25, 0.3) is 11.1 Å². The number of fused-ring (bicyclic) bond motifs is 3. The molecule has 2 saturated heterocycles. The number of nitrogens with one attached hydrogen (secondary N) is 3. The van der Waals surface area contributed by atoms with E-state index in [1.807, 2.05) is 41.0 Å². The molecule has 1 aromatic carbocycles. The highest BCUT2D eigenvalue weighted by Gasteiger charge is 2.46. The highest BCUT2D eigenvalue weighted by Crippen LogP contribution is 2.49. The highest BCUT2D eigenvalue weighted by molar-refractivity contribution is 6.39. The van der Waals surface area contributed by atoms with Crippen LogP contribution in [0.5, 0.6) is 0 Å². The second kappa shape index (κ2) is 14.0. The lowest BCUT2D eigenvalue weighted by Gasteiger charge is -2.49. The maximum Gasteiger partial charge on any atom is 0.323 e. The molecule has 8 rings (SSSR count). The first-order valence-corrected chi connectivity index (χ1v) is 19.0. The first-order chi connectivity index (χ1) is 26.3.